The fourth-order valence-corrected chi connectivity index (χ4v) is 1.48. The molecule has 4 heteroatoms. The molecule has 1 atom stereocenters. The summed E-state index contributed by atoms with van der Waals surface area (Å²) in [6.07, 6.45) is 1.46. The van der Waals surface area contributed by atoms with Crippen molar-refractivity contribution in [2.24, 2.45) is 11.7 Å². The number of furan rings is 1. The van der Waals surface area contributed by atoms with E-state index < -0.39 is 0 Å². The maximum Gasteiger partial charge on any atom is 0.222 e. The summed E-state index contributed by atoms with van der Waals surface area (Å²) >= 11 is 0. The van der Waals surface area contributed by atoms with Crippen LogP contribution in [0.2, 0.25) is 0 Å². The maximum absolute atomic E-state index is 11.5. The fraction of sp³-hybridized carbons (Fsp3) is 0.583. The first-order chi connectivity index (χ1) is 7.63. The highest BCUT2D eigenvalue weighted by Gasteiger charge is 2.10. The van der Waals surface area contributed by atoms with Crippen molar-refractivity contribution < 1.29 is 9.21 Å². The molecule has 0 aromatic carbocycles. The van der Waals surface area contributed by atoms with E-state index in [9.17, 15) is 4.79 Å². The highest BCUT2D eigenvalue weighted by Crippen LogP contribution is 2.06. The minimum Gasteiger partial charge on any atom is -0.466 e. The van der Waals surface area contributed by atoms with Crippen LogP contribution in [0.15, 0.2) is 16.5 Å². The zero-order valence-electron chi connectivity index (χ0n) is 9.95. The highest BCUT2D eigenvalue weighted by molar-refractivity contribution is 5.78. The molecule has 0 saturated carbocycles. The molecule has 90 valence electrons. The molecule has 4 nitrogen and oxygen atoms in total. The Morgan fingerprint density at radius 1 is 1.56 bits per heavy atom. The summed E-state index contributed by atoms with van der Waals surface area (Å²) in [5, 5.41) is 2.87. The van der Waals surface area contributed by atoms with Crippen LogP contribution >= 0.6 is 0 Å². The van der Waals surface area contributed by atoms with Crippen molar-refractivity contribution in [2.45, 2.75) is 26.7 Å². The second-order valence-corrected chi connectivity index (χ2v) is 4.03. The number of nitrogens with one attached hydrogen (secondary N) is 1. The lowest BCUT2D eigenvalue weighted by molar-refractivity contribution is -0.124. The Morgan fingerprint density at radius 3 is 2.88 bits per heavy atom. The summed E-state index contributed by atoms with van der Waals surface area (Å²) in [5.41, 5.74) is 5.39. The molecule has 0 radical (unpaired) electrons. The zero-order chi connectivity index (χ0) is 12.0. The number of carbonyl (C=O) groups is 1. The lowest BCUT2D eigenvalue weighted by atomic mass is 10.1. The Morgan fingerprint density at radius 2 is 2.31 bits per heavy atom. The quantitative estimate of drug-likeness (QED) is 0.763. The second-order valence-electron chi connectivity index (χ2n) is 4.03. The Bertz CT molecular complexity index is 334. The predicted octanol–water partition coefficient (Wildman–Crippen LogP) is 1.23. The zero-order valence-corrected chi connectivity index (χ0v) is 9.95. The lowest BCUT2D eigenvalue weighted by Crippen LogP contribution is -2.31. The Hall–Kier alpha value is -1.29. The topological polar surface area (TPSA) is 68.3 Å². The van der Waals surface area contributed by atoms with Gasteiger partial charge < -0.3 is 15.5 Å². The van der Waals surface area contributed by atoms with Crippen LogP contribution in [0.5, 0.6) is 0 Å². The molecule has 3 N–H and O–H groups in total. The van der Waals surface area contributed by atoms with E-state index >= 15 is 0 Å². The van der Waals surface area contributed by atoms with E-state index in [1.54, 1.807) is 0 Å². The Labute approximate surface area is 96.2 Å². The van der Waals surface area contributed by atoms with E-state index in [1.807, 2.05) is 26.0 Å². The molecule has 1 amide bonds. The average Bonchev–Trinajstić information content (AvgIpc) is 2.64. The smallest absolute Gasteiger partial charge is 0.222 e. The molecule has 0 aliphatic heterocycles. The van der Waals surface area contributed by atoms with Crippen molar-refractivity contribution in [3.8, 4) is 0 Å². The van der Waals surface area contributed by atoms with Gasteiger partial charge in [-0.1, -0.05) is 6.92 Å². The summed E-state index contributed by atoms with van der Waals surface area (Å²) in [7, 11) is 0. The van der Waals surface area contributed by atoms with Crippen molar-refractivity contribution in [3.05, 3.63) is 23.7 Å². The molecule has 0 fully saturated rings. The fourth-order valence-electron chi connectivity index (χ4n) is 1.48. The van der Waals surface area contributed by atoms with Crippen molar-refractivity contribution in [2.75, 3.05) is 13.1 Å². The number of hydrogen-bond acceptors (Lipinski definition) is 3. The van der Waals surface area contributed by atoms with Crippen molar-refractivity contribution in [1.29, 1.82) is 0 Å². The summed E-state index contributed by atoms with van der Waals surface area (Å²) in [5.74, 6) is 1.86. The third-order valence-corrected chi connectivity index (χ3v) is 2.51. The summed E-state index contributed by atoms with van der Waals surface area (Å²) in [6.45, 7) is 4.96. The molecular formula is C12H20N2O2. The molecule has 1 aromatic rings. The van der Waals surface area contributed by atoms with Gasteiger partial charge in [-0.05, 0) is 32.0 Å². The van der Waals surface area contributed by atoms with E-state index in [0.29, 0.717) is 13.1 Å². The number of hydrogen-bond donors (Lipinski definition) is 2. The van der Waals surface area contributed by atoms with Gasteiger partial charge in [-0.2, -0.15) is 0 Å². The number of amides is 1. The number of nitrogens with two attached hydrogens (primary N) is 1. The molecule has 0 aliphatic rings. The molecule has 0 aliphatic carbocycles. The Balaban J connectivity index is 2.22. The van der Waals surface area contributed by atoms with Crippen LogP contribution in [0, 0.1) is 12.8 Å². The maximum atomic E-state index is 11.5. The van der Waals surface area contributed by atoms with E-state index in [0.717, 1.165) is 24.4 Å². The summed E-state index contributed by atoms with van der Waals surface area (Å²) < 4.78 is 5.40. The van der Waals surface area contributed by atoms with Crippen LogP contribution in [-0.4, -0.2) is 19.0 Å². The third-order valence-electron chi connectivity index (χ3n) is 2.51. The minimum absolute atomic E-state index is 0.0108. The molecule has 1 unspecified atom stereocenters. The van der Waals surface area contributed by atoms with Gasteiger partial charge in [0, 0.05) is 18.9 Å². The number of carbonyl (C=O) groups excluding carboxylic acids is 1. The summed E-state index contributed by atoms with van der Waals surface area (Å²) in [6, 6.07) is 3.86. The minimum atomic E-state index is -0.0108. The van der Waals surface area contributed by atoms with Crippen LogP contribution in [0.1, 0.15) is 24.9 Å². The van der Waals surface area contributed by atoms with Crippen LogP contribution in [0.25, 0.3) is 0 Å². The first-order valence-electron chi connectivity index (χ1n) is 5.66. The van der Waals surface area contributed by atoms with Gasteiger partial charge in [-0.15, -0.1) is 0 Å². The molecule has 1 heterocycles. The lowest BCUT2D eigenvalue weighted by Gasteiger charge is -2.10. The van der Waals surface area contributed by atoms with E-state index in [4.69, 9.17) is 10.2 Å². The molecule has 1 rings (SSSR count). The highest BCUT2D eigenvalue weighted by atomic mass is 16.3. The van der Waals surface area contributed by atoms with Gasteiger partial charge in [0.2, 0.25) is 5.91 Å². The standard InChI is InChI=1S/C12H20N2O2/c1-9(5-7-13)12(15)14-8-6-11-4-3-10(2)16-11/h3-4,9H,5-8,13H2,1-2H3,(H,14,15). The van der Waals surface area contributed by atoms with Gasteiger partial charge in [0.15, 0.2) is 0 Å². The number of rotatable bonds is 6. The van der Waals surface area contributed by atoms with Crippen LogP contribution in [-0.2, 0) is 11.2 Å². The molecule has 16 heavy (non-hydrogen) atoms. The monoisotopic (exact) mass is 224 g/mol. The van der Waals surface area contributed by atoms with Gasteiger partial charge in [-0.3, -0.25) is 4.79 Å². The largest absolute Gasteiger partial charge is 0.466 e. The Kier molecular flexibility index (Phi) is 5.05. The van der Waals surface area contributed by atoms with Crippen LogP contribution < -0.4 is 11.1 Å². The average molecular weight is 224 g/mol. The van der Waals surface area contributed by atoms with Gasteiger partial charge in [-0.25, -0.2) is 0 Å². The molecule has 0 saturated heterocycles. The molecule has 0 spiro atoms. The van der Waals surface area contributed by atoms with Gasteiger partial charge >= 0.3 is 0 Å². The molecular weight excluding hydrogens is 204 g/mol. The molecule has 0 bridgehead atoms. The normalized spacial score (nSPS) is 12.4. The predicted molar refractivity (Wildman–Crippen MR) is 63.0 cm³/mol. The summed E-state index contributed by atoms with van der Waals surface area (Å²) in [4.78, 5) is 11.5. The van der Waals surface area contributed by atoms with Gasteiger partial charge in [0.1, 0.15) is 11.5 Å². The number of aryl methyl sites for hydroxylation is 1. The van der Waals surface area contributed by atoms with Gasteiger partial charge in [0.05, 0.1) is 0 Å². The van der Waals surface area contributed by atoms with E-state index in [1.165, 1.54) is 0 Å². The van der Waals surface area contributed by atoms with E-state index in [2.05, 4.69) is 5.32 Å². The van der Waals surface area contributed by atoms with Gasteiger partial charge in [0.25, 0.3) is 0 Å². The first kappa shape index (κ1) is 12.8. The van der Waals surface area contributed by atoms with Crippen molar-refractivity contribution in [3.63, 3.8) is 0 Å². The SMILES string of the molecule is Cc1ccc(CCNC(=O)C(C)CCN)o1. The van der Waals surface area contributed by atoms with Crippen LogP contribution in [0.3, 0.4) is 0 Å². The van der Waals surface area contributed by atoms with Crippen molar-refractivity contribution >= 4 is 5.91 Å². The van der Waals surface area contributed by atoms with Crippen molar-refractivity contribution in [1.82, 2.24) is 5.32 Å². The third kappa shape index (κ3) is 4.06. The second kappa shape index (κ2) is 6.33. The van der Waals surface area contributed by atoms with Crippen LogP contribution in [0.4, 0.5) is 0 Å². The van der Waals surface area contributed by atoms with E-state index in [-0.39, 0.29) is 11.8 Å². The first-order valence-corrected chi connectivity index (χ1v) is 5.66. The molecule has 1 aromatic heterocycles.